The number of halogens is 1. The van der Waals surface area contributed by atoms with Gasteiger partial charge in [0, 0.05) is 5.56 Å². The highest BCUT2D eigenvalue weighted by Crippen LogP contribution is 2.26. The minimum absolute atomic E-state index is 0.159. The molecule has 1 aromatic rings. The number of Topliss-reactive ketones (excluding diaryl/α,β-unsaturated/α-hetero) is 1. The Bertz CT molecular complexity index is 407. The van der Waals surface area contributed by atoms with Crippen molar-refractivity contribution in [2.75, 3.05) is 5.73 Å². The maximum absolute atomic E-state index is 11.0. The molecule has 0 saturated carbocycles. The Morgan fingerprint density at radius 1 is 1.62 bits per heavy atom. The van der Waals surface area contributed by atoms with E-state index >= 15 is 0 Å². The number of hydrogen-bond donors (Lipinski definition) is 1. The minimum Gasteiger partial charge on any atom is -0.396 e. The van der Waals surface area contributed by atoms with Crippen LogP contribution in [0.15, 0.2) is 12.1 Å². The average Bonchev–Trinajstić information content (AvgIpc) is 2.09. The fourth-order valence-electron chi connectivity index (χ4n) is 0.962. The van der Waals surface area contributed by atoms with Crippen molar-refractivity contribution in [1.82, 2.24) is 0 Å². The topological polar surface area (TPSA) is 66.9 Å². The molecule has 0 aromatic heterocycles. The molecule has 0 aliphatic rings. The van der Waals surface area contributed by atoms with E-state index in [1.54, 1.807) is 0 Å². The number of rotatable bonds is 1. The summed E-state index contributed by atoms with van der Waals surface area (Å²) in [5.74, 6) is -0.166. The van der Waals surface area contributed by atoms with Crippen LogP contribution in [0.3, 0.4) is 0 Å². The largest absolute Gasteiger partial charge is 0.396 e. The van der Waals surface area contributed by atoms with Crippen LogP contribution >= 0.6 is 11.6 Å². The molecule has 0 atom stereocenters. The molecule has 0 fully saturated rings. The van der Waals surface area contributed by atoms with Crippen molar-refractivity contribution in [3.8, 4) is 6.07 Å². The van der Waals surface area contributed by atoms with Gasteiger partial charge in [0.05, 0.1) is 16.3 Å². The smallest absolute Gasteiger partial charge is 0.161 e. The van der Waals surface area contributed by atoms with Crippen LogP contribution in [0.5, 0.6) is 0 Å². The van der Waals surface area contributed by atoms with E-state index in [0.29, 0.717) is 5.56 Å². The second-order valence-electron chi connectivity index (χ2n) is 2.56. The molecule has 1 rings (SSSR count). The summed E-state index contributed by atoms with van der Waals surface area (Å²) in [6, 6.07) is 4.87. The zero-order valence-corrected chi connectivity index (χ0v) is 7.72. The number of nitrogen functional groups attached to an aromatic ring is 1. The Hall–Kier alpha value is -1.53. The minimum atomic E-state index is -0.166. The molecule has 0 amide bonds. The maximum atomic E-state index is 11.0. The van der Waals surface area contributed by atoms with E-state index in [9.17, 15) is 4.79 Å². The van der Waals surface area contributed by atoms with E-state index in [-0.39, 0.29) is 22.1 Å². The first-order chi connectivity index (χ1) is 6.07. The van der Waals surface area contributed by atoms with Gasteiger partial charge in [0.25, 0.3) is 0 Å². The molecule has 0 radical (unpaired) electrons. The molecule has 3 nitrogen and oxygen atoms in total. The summed E-state index contributed by atoms with van der Waals surface area (Å²) in [5.41, 5.74) is 6.32. The highest BCUT2D eigenvalue weighted by atomic mass is 35.5. The van der Waals surface area contributed by atoms with Crippen LogP contribution in [0.2, 0.25) is 5.02 Å². The molecule has 0 aliphatic carbocycles. The van der Waals surface area contributed by atoms with Crippen LogP contribution in [-0.4, -0.2) is 5.78 Å². The van der Waals surface area contributed by atoms with E-state index < -0.39 is 0 Å². The van der Waals surface area contributed by atoms with Crippen molar-refractivity contribution in [2.45, 2.75) is 6.92 Å². The molecule has 1 aromatic carbocycles. The number of carbonyl (C=O) groups is 1. The zero-order valence-electron chi connectivity index (χ0n) is 6.97. The van der Waals surface area contributed by atoms with Crippen molar-refractivity contribution in [3.63, 3.8) is 0 Å². The molecular formula is C9H7ClN2O. The number of nitrogens with zero attached hydrogens (tertiary/aromatic N) is 1. The quantitative estimate of drug-likeness (QED) is 0.549. The molecule has 0 spiro atoms. The second kappa shape index (κ2) is 3.46. The predicted molar refractivity (Wildman–Crippen MR) is 50.6 cm³/mol. The normalized spacial score (nSPS) is 9.31. The van der Waals surface area contributed by atoms with Gasteiger partial charge >= 0.3 is 0 Å². The molecule has 4 heteroatoms. The van der Waals surface area contributed by atoms with Gasteiger partial charge in [-0.25, -0.2) is 0 Å². The first kappa shape index (κ1) is 9.56. The molecule has 2 N–H and O–H groups in total. The lowest BCUT2D eigenvalue weighted by Crippen LogP contribution is -1.99. The van der Waals surface area contributed by atoms with Crippen LogP contribution < -0.4 is 5.73 Å². The lowest BCUT2D eigenvalue weighted by molar-refractivity contribution is 0.101. The number of ketones is 1. The monoisotopic (exact) mass is 194 g/mol. The summed E-state index contributed by atoms with van der Waals surface area (Å²) >= 11 is 5.78. The number of hydrogen-bond acceptors (Lipinski definition) is 3. The Labute approximate surface area is 80.7 Å². The van der Waals surface area contributed by atoms with Crippen molar-refractivity contribution in [3.05, 3.63) is 28.3 Å². The van der Waals surface area contributed by atoms with Crippen LogP contribution in [-0.2, 0) is 0 Å². The third-order valence-corrected chi connectivity index (χ3v) is 2.09. The first-order valence-corrected chi connectivity index (χ1v) is 3.94. The summed E-state index contributed by atoms with van der Waals surface area (Å²) in [4.78, 5) is 11.0. The molecule has 66 valence electrons. The van der Waals surface area contributed by atoms with E-state index in [2.05, 4.69) is 0 Å². The van der Waals surface area contributed by atoms with Gasteiger partial charge in [-0.05, 0) is 19.1 Å². The summed E-state index contributed by atoms with van der Waals surface area (Å²) < 4.78 is 0. The maximum Gasteiger partial charge on any atom is 0.161 e. The molecule has 0 saturated heterocycles. The predicted octanol–water partition coefficient (Wildman–Crippen LogP) is 2.00. The fourth-order valence-corrected chi connectivity index (χ4v) is 1.26. The van der Waals surface area contributed by atoms with Crippen molar-refractivity contribution in [1.29, 1.82) is 5.26 Å². The van der Waals surface area contributed by atoms with Gasteiger partial charge in [-0.1, -0.05) is 11.6 Å². The van der Waals surface area contributed by atoms with Crippen LogP contribution in [0.4, 0.5) is 5.69 Å². The second-order valence-corrected chi connectivity index (χ2v) is 2.93. The highest BCUT2D eigenvalue weighted by molar-refractivity contribution is 6.36. The molecule has 0 heterocycles. The fraction of sp³-hybridized carbons (Fsp3) is 0.111. The van der Waals surface area contributed by atoms with Gasteiger partial charge < -0.3 is 5.73 Å². The van der Waals surface area contributed by atoms with E-state index in [1.807, 2.05) is 6.07 Å². The summed E-state index contributed by atoms with van der Waals surface area (Å²) in [6.07, 6.45) is 0. The SMILES string of the molecule is CC(=O)c1ccc(C#N)c(N)c1Cl. The lowest BCUT2D eigenvalue weighted by atomic mass is 10.1. The highest BCUT2D eigenvalue weighted by Gasteiger charge is 2.11. The molecule has 13 heavy (non-hydrogen) atoms. The summed E-state index contributed by atoms with van der Waals surface area (Å²) in [5, 5.41) is 8.76. The lowest BCUT2D eigenvalue weighted by Gasteiger charge is -2.04. The van der Waals surface area contributed by atoms with Crippen molar-refractivity contribution >= 4 is 23.1 Å². The van der Waals surface area contributed by atoms with Gasteiger partial charge in [0.15, 0.2) is 5.78 Å². The van der Waals surface area contributed by atoms with Gasteiger partial charge in [0.2, 0.25) is 0 Å². The number of nitriles is 1. The van der Waals surface area contributed by atoms with Crippen LogP contribution in [0.1, 0.15) is 22.8 Å². The third kappa shape index (κ3) is 1.63. The standard InChI is InChI=1S/C9H7ClN2O/c1-5(13)7-3-2-6(4-11)9(12)8(7)10/h2-3H,12H2,1H3. The van der Waals surface area contributed by atoms with Gasteiger partial charge in [-0.3, -0.25) is 4.79 Å². The number of nitrogens with two attached hydrogens (primary N) is 1. The van der Waals surface area contributed by atoms with Gasteiger partial charge in [-0.15, -0.1) is 0 Å². The Kier molecular flexibility index (Phi) is 2.54. The zero-order chi connectivity index (χ0) is 10.0. The van der Waals surface area contributed by atoms with E-state index in [0.717, 1.165) is 0 Å². The van der Waals surface area contributed by atoms with Crippen molar-refractivity contribution in [2.24, 2.45) is 0 Å². The first-order valence-electron chi connectivity index (χ1n) is 3.57. The van der Waals surface area contributed by atoms with Crippen LogP contribution in [0.25, 0.3) is 0 Å². The molecule has 0 bridgehead atoms. The number of benzene rings is 1. The van der Waals surface area contributed by atoms with Crippen LogP contribution in [0, 0.1) is 11.3 Å². The average molecular weight is 195 g/mol. The van der Waals surface area contributed by atoms with E-state index in [4.69, 9.17) is 22.6 Å². The summed E-state index contributed by atoms with van der Waals surface area (Å²) in [6.45, 7) is 1.40. The third-order valence-electron chi connectivity index (χ3n) is 1.68. The van der Waals surface area contributed by atoms with Crippen molar-refractivity contribution < 1.29 is 4.79 Å². The Morgan fingerprint density at radius 2 is 2.23 bits per heavy atom. The molecule has 0 unspecified atom stereocenters. The molecular weight excluding hydrogens is 188 g/mol. The number of carbonyl (C=O) groups excluding carboxylic acids is 1. The Balaban J connectivity index is 3.42. The summed E-state index contributed by atoms with van der Waals surface area (Å²) in [7, 11) is 0. The van der Waals surface area contributed by atoms with E-state index in [1.165, 1.54) is 19.1 Å². The molecule has 0 aliphatic heterocycles. The van der Waals surface area contributed by atoms with Gasteiger partial charge in [0.1, 0.15) is 6.07 Å². The van der Waals surface area contributed by atoms with Gasteiger partial charge in [-0.2, -0.15) is 5.26 Å². The Morgan fingerprint density at radius 3 is 2.69 bits per heavy atom. The number of anilines is 1.